The average molecular weight is 194 g/mol. The van der Waals surface area contributed by atoms with Gasteiger partial charge in [-0.05, 0) is 50.4 Å². The molecule has 4 heteroatoms. The van der Waals surface area contributed by atoms with Crippen LogP contribution in [0.3, 0.4) is 0 Å². The SMILES string of the molecule is NCCCc1ccnnc1CCCN. The summed E-state index contributed by atoms with van der Waals surface area (Å²) in [4.78, 5) is 0. The van der Waals surface area contributed by atoms with Crippen molar-refractivity contribution in [2.45, 2.75) is 25.7 Å². The van der Waals surface area contributed by atoms with E-state index in [2.05, 4.69) is 10.2 Å². The predicted molar refractivity (Wildman–Crippen MR) is 56.8 cm³/mol. The molecule has 78 valence electrons. The van der Waals surface area contributed by atoms with Crippen molar-refractivity contribution in [2.24, 2.45) is 11.5 Å². The van der Waals surface area contributed by atoms with E-state index >= 15 is 0 Å². The van der Waals surface area contributed by atoms with Gasteiger partial charge in [0.05, 0.1) is 5.69 Å². The van der Waals surface area contributed by atoms with Crippen molar-refractivity contribution in [1.29, 1.82) is 0 Å². The highest BCUT2D eigenvalue weighted by Gasteiger charge is 2.02. The number of hydrogen-bond acceptors (Lipinski definition) is 4. The molecule has 1 heterocycles. The van der Waals surface area contributed by atoms with Crippen molar-refractivity contribution < 1.29 is 0 Å². The average Bonchev–Trinajstić information content (AvgIpc) is 2.24. The molecule has 14 heavy (non-hydrogen) atoms. The topological polar surface area (TPSA) is 77.8 Å². The van der Waals surface area contributed by atoms with Gasteiger partial charge in [0, 0.05) is 6.20 Å². The lowest BCUT2D eigenvalue weighted by atomic mass is 10.1. The van der Waals surface area contributed by atoms with Crippen LogP contribution in [0.1, 0.15) is 24.1 Å². The third-order valence-electron chi connectivity index (χ3n) is 2.16. The Morgan fingerprint density at radius 2 is 1.79 bits per heavy atom. The van der Waals surface area contributed by atoms with Crippen molar-refractivity contribution >= 4 is 0 Å². The highest BCUT2D eigenvalue weighted by atomic mass is 15.1. The smallest absolute Gasteiger partial charge is 0.0663 e. The zero-order valence-corrected chi connectivity index (χ0v) is 8.45. The first-order valence-electron chi connectivity index (χ1n) is 5.08. The summed E-state index contributed by atoms with van der Waals surface area (Å²) in [5.74, 6) is 0. The van der Waals surface area contributed by atoms with Crippen LogP contribution in [0.2, 0.25) is 0 Å². The lowest BCUT2D eigenvalue weighted by molar-refractivity contribution is 0.749. The quantitative estimate of drug-likeness (QED) is 0.681. The first-order valence-corrected chi connectivity index (χ1v) is 5.08. The molecule has 0 saturated carbocycles. The van der Waals surface area contributed by atoms with E-state index in [4.69, 9.17) is 11.5 Å². The van der Waals surface area contributed by atoms with Gasteiger partial charge in [-0.3, -0.25) is 0 Å². The summed E-state index contributed by atoms with van der Waals surface area (Å²) in [6.45, 7) is 1.42. The molecular formula is C10H18N4. The normalized spacial score (nSPS) is 10.4. The second-order valence-electron chi connectivity index (χ2n) is 3.29. The largest absolute Gasteiger partial charge is 0.330 e. The molecule has 4 nitrogen and oxygen atoms in total. The van der Waals surface area contributed by atoms with Crippen molar-refractivity contribution in [2.75, 3.05) is 13.1 Å². The Kier molecular flexibility index (Phi) is 5.11. The molecule has 0 bridgehead atoms. The zero-order chi connectivity index (χ0) is 10.2. The molecule has 0 spiro atoms. The molecular weight excluding hydrogens is 176 g/mol. The Morgan fingerprint density at radius 1 is 1.07 bits per heavy atom. The maximum atomic E-state index is 5.47. The van der Waals surface area contributed by atoms with Crippen molar-refractivity contribution in [3.63, 3.8) is 0 Å². The number of nitrogens with two attached hydrogens (primary N) is 2. The molecule has 0 atom stereocenters. The van der Waals surface area contributed by atoms with Crippen LogP contribution in [0, 0.1) is 0 Å². The summed E-state index contributed by atoms with van der Waals surface area (Å²) in [6.07, 6.45) is 5.61. The summed E-state index contributed by atoms with van der Waals surface area (Å²) >= 11 is 0. The van der Waals surface area contributed by atoms with Gasteiger partial charge < -0.3 is 11.5 Å². The van der Waals surface area contributed by atoms with Gasteiger partial charge in [0.15, 0.2) is 0 Å². The molecule has 0 aliphatic carbocycles. The standard InChI is InChI=1S/C10H18N4/c11-6-1-3-9-5-8-13-14-10(9)4-2-7-12/h5,8H,1-4,6-7,11-12H2. The van der Waals surface area contributed by atoms with Gasteiger partial charge in [0.1, 0.15) is 0 Å². The van der Waals surface area contributed by atoms with Gasteiger partial charge in [-0.25, -0.2) is 0 Å². The highest BCUT2D eigenvalue weighted by Crippen LogP contribution is 2.08. The summed E-state index contributed by atoms with van der Waals surface area (Å²) < 4.78 is 0. The van der Waals surface area contributed by atoms with Crippen LogP contribution < -0.4 is 11.5 Å². The minimum absolute atomic E-state index is 0.701. The molecule has 0 aliphatic rings. The Bertz CT molecular complexity index is 235. The van der Waals surface area contributed by atoms with Crippen LogP contribution in [-0.2, 0) is 12.8 Å². The summed E-state index contributed by atoms with van der Waals surface area (Å²) in [6, 6.07) is 2.02. The number of rotatable bonds is 6. The van der Waals surface area contributed by atoms with E-state index in [1.807, 2.05) is 6.07 Å². The van der Waals surface area contributed by atoms with E-state index in [9.17, 15) is 0 Å². The third kappa shape index (κ3) is 3.40. The van der Waals surface area contributed by atoms with Gasteiger partial charge in [0.2, 0.25) is 0 Å². The van der Waals surface area contributed by atoms with Gasteiger partial charge >= 0.3 is 0 Å². The first-order chi connectivity index (χ1) is 6.88. The fraction of sp³-hybridized carbons (Fsp3) is 0.600. The molecule has 1 rings (SSSR count). The Hall–Kier alpha value is -1.00. The maximum absolute atomic E-state index is 5.47. The lowest BCUT2D eigenvalue weighted by Gasteiger charge is -2.05. The van der Waals surface area contributed by atoms with Crippen LogP contribution in [0.25, 0.3) is 0 Å². The molecule has 0 fully saturated rings. The molecule has 4 N–H and O–H groups in total. The second kappa shape index (κ2) is 6.45. The van der Waals surface area contributed by atoms with E-state index in [1.165, 1.54) is 5.56 Å². The van der Waals surface area contributed by atoms with Crippen molar-refractivity contribution in [3.8, 4) is 0 Å². The second-order valence-corrected chi connectivity index (χ2v) is 3.29. The van der Waals surface area contributed by atoms with Crippen molar-refractivity contribution in [3.05, 3.63) is 23.5 Å². The van der Waals surface area contributed by atoms with Crippen LogP contribution in [0.15, 0.2) is 12.3 Å². The minimum atomic E-state index is 0.701. The summed E-state index contributed by atoms with van der Waals surface area (Å²) in [5.41, 5.74) is 13.3. The number of hydrogen-bond donors (Lipinski definition) is 2. The van der Waals surface area contributed by atoms with Crippen molar-refractivity contribution in [1.82, 2.24) is 10.2 Å². The first kappa shape index (κ1) is 11.1. The molecule has 0 radical (unpaired) electrons. The third-order valence-corrected chi connectivity index (χ3v) is 2.16. The lowest BCUT2D eigenvalue weighted by Crippen LogP contribution is -2.07. The van der Waals surface area contributed by atoms with Crippen LogP contribution >= 0.6 is 0 Å². The molecule has 1 aromatic rings. The molecule has 0 amide bonds. The summed E-state index contributed by atoms with van der Waals surface area (Å²) in [5, 5.41) is 8.01. The fourth-order valence-corrected chi connectivity index (χ4v) is 1.39. The number of aryl methyl sites for hydroxylation is 2. The molecule has 0 unspecified atom stereocenters. The Balaban J connectivity index is 2.60. The van der Waals surface area contributed by atoms with E-state index in [0.29, 0.717) is 6.54 Å². The molecule has 0 saturated heterocycles. The van der Waals surface area contributed by atoms with Crippen LogP contribution in [0.4, 0.5) is 0 Å². The highest BCUT2D eigenvalue weighted by molar-refractivity contribution is 5.17. The fourth-order valence-electron chi connectivity index (χ4n) is 1.39. The molecule has 0 aromatic carbocycles. The summed E-state index contributed by atoms with van der Waals surface area (Å²) in [7, 11) is 0. The Morgan fingerprint density at radius 3 is 2.50 bits per heavy atom. The number of nitrogens with zero attached hydrogens (tertiary/aromatic N) is 2. The van der Waals surface area contributed by atoms with Crippen LogP contribution in [0.5, 0.6) is 0 Å². The van der Waals surface area contributed by atoms with Gasteiger partial charge in [-0.2, -0.15) is 10.2 Å². The van der Waals surface area contributed by atoms with E-state index in [-0.39, 0.29) is 0 Å². The van der Waals surface area contributed by atoms with Gasteiger partial charge in [-0.15, -0.1) is 0 Å². The van der Waals surface area contributed by atoms with Gasteiger partial charge in [-0.1, -0.05) is 0 Å². The minimum Gasteiger partial charge on any atom is -0.330 e. The Labute approximate surface area is 84.7 Å². The van der Waals surface area contributed by atoms with Gasteiger partial charge in [0.25, 0.3) is 0 Å². The molecule has 1 aromatic heterocycles. The zero-order valence-electron chi connectivity index (χ0n) is 8.45. The van der Waals surface area contributed by atoms with E-state index in [1.54, 1.807) is 6.20 Å². The number of aromatic nitrogens is 2. The monoisotopic (exact) mass is 194 g/mol. The van der Waals surface area contributed by atoms with E-state index < -0.39 is 0 Å². The molecule has 0 aliphatic heterocycles. The van der Waals surface area contributed by atoms with Crippen LogP contribution in [-0.4, -0.2) is 23.3 Å². The maximum Gasteiger partial charge on any atom is 0.0663 e. The predicted octanol–water partition coefficient (Wildman–Crippen LogP) is 0.259. The van der Waals surface area contributed by atoms with E-state index in [0.717, 1.165) is 37.9 Å².